The van der Waals surface area contributed by atoms with Crippen molar-refractivity contribution >= 4 is 21.4 Å². The molecule has 6 heteroatoms. The summed E-state index contributed by atoms with van der Waals surface area (Å²) in [6.45, 7) is 3.41. The van der Waals surface area contributed by atoms with Crippen molar-refractivity contribution in [1.29, 1.82) is 0 Å². The largest absolute Gasteiger partial charge is 0.370 e. The predicted octanol–water partition coefficient (Wildman–Crippen LogP) is 1.04. The third-order valence-electron chi connectivity index (χ3n) is 3.78. The molecule has 0 bridgehead atoms. The second kappa shape index (κ2) is 6.47. The fraction of sp³-hybridized carbons (Fsp3) is 0.533. The van der Waals surface area contributed by atoms with E-state index in [2.05, 4.69) is 30.0 Å². The van der Waals surface area contributed by atoms with E-state index in [-0.39, 0.29) is 17.9 Å². The van der Waals surface area contributed by atoms with Crippen LogP contribution in [0.25, 0.3) is 0 Å². The zero-order chi connectivity index (χ0) is 15.5. The number of benzene rings is 1. The van der Waals surface area contributed by atoms with Crippen LogP contribution in [-0.4, -0.2) is 38.9 Å². The Morgan fingerprint density at radius 2 is 2.10 bits per heavy atom. The van der Waals surface area contributed by atoms with Gasteiger partial charge in [0, 0.05) is 25.2 Å². The number of aryl methyl sites for hydroxylation is 2. The van der Waals surface area contributed by atoms with Crippen molar-refractivity contribution in [2.45, 2.75) is 26.2 Å². The molecule has 1 aromatic rings. The molecule has 1 aliphatic rings. The summed E-state index contributed by atoms with van der Waals surface area (Å²) in [5.74, 6) is -0.665. The summed E-state index contributed by atoms with van der Waals surface area (Å²) in [6, 6.07) is 6.29. The summed E-state index contributed by atoms with van der Waals surface area (Å²) in [5, 5.41) is 0. The highest BCUT2D eigenvalue weighted by atomic mass is 32.2. The molecule has 0 radical (unpaired) electrons. The van der Waals surface area contributed by atoms with Crippen LogP contribution < -0.4 is 10.6 Å². The minimum Gasteiger partial charge on any atom is -0.370 e. The SMILES string of the molecule is Cc1ccc2c(c1)CCCN2CCS(=O)(=O)CCC(N)=O. The van der Waals surface area contributed by atoms with Crippen LogP contribution in [-0.2, 0) is 21.1 Å². The van der Waals surface area contributed by atoms with Gasteiger partial charge in [0.1, 0.15) is 0 Å². The van der Waals surface area contributed by atoms with Crippen molar-refractivity contribution in [2.24, 2.45) is 5.73 Å². The van der Waals surface area contributed by atoms with Gasteiger partial charge in [0.2, 0.25) is 5.91 Å². The molecule has 0 fully saturated rings. The molecule has 116 valence electrons. The van der Waals surface area contributed by atoms with Crippen molar-refractivity contribution in [1.82, 2.24) is 0 Å². The molecule has 0 saturated carbocycles. The van der Waals surface area contributed by atoms with Gasteiger partial charge in [0.05, 0.1) is 11.5 Å². The summed E-state index contributed by atoms with van der Waals surface area (Å²) in [6.07, 6.45) is 1.98. The molecule has 0 saturated heterocycles. The molecule has 1 heterocycles. The van der Waals surface area contributed by atoms with E-state index in [1.165, 1.54) is 11.1 Å². The molecule has 1 amide bonds. The van der Waals surface area contributed by atoms with Gasteiger partial charge >= 0.3 is 0 Å². The molecular weight excluding hydrogens is 288 g/mol. The van der Waals surface area contributed by atoms with Gasteiger partial charge in [-0.3, -0.25) is 4.79 Å². The number of rotatable bonds is 6. The third-order valence-corrected chi connectivity index (χ3v) is 5.41. The van der Waals surface area contributed by atoms with Crippen molar-refractivity contribution in [3.63, 3.8) is 0 Å². The van der Waals surface area contributed by atoms with Gasteiger partial charge in [-0.2, -0.15) is 0 Å². The average molecular weight is 310 g/mol. The number of carbonyl (C=O) groups excluding carboxylic acids is 1. The normalized spacial score (nSPS) is 14.8. The van der Waals surface area contributed by atoms with Crippen LogP contribution in [0.15, 0.2) is 18.2 Å². The lowest BCUT2D eigenvalue weighted by molar-refractivity contribution is -0.117. The molecular formula is C15H22N2O3S. The Bertz CT molecular complexity index is 626. The molecule has 2 N–H and O–H groups in total. The molecule has 1 aromatic carbocycles. The number of fused-ring (bicyclic) bond motifs is 1. The standard InChI is InChI=1S/C15H22N2O3S/c1-12-4-5-14-13(11-12)3-2-7-17(14)8-10-21(19,20)9-6-15(16)18/h4-5,11H,2-3,6-10H2,1H3,(H2,16,18). The highest BCUT2D eigenvalue weighted by Crippen LogP contribution is 2.27. The third kappa shape index (κ3) is 4.46. The average Bonchev–Trinajstić information content (AvgIpc) is 2.43. The smallest absolute Gasteiger partial charge is 0.218 e. The van der Waals surface area contributed by atoms with Crippen LogP contribution >= 0.6 is 0 Å². The van der Waals surface area contributed by atoms with Gasteiger partial charge in [0.25, 0.3) is 0 Å². The van der Waals surface area contributed by atoms with Crippen molar-refractivity contribution < 1.29 is 13.2 Å². The molecule has 1 aliphatic heterocycles. The molecule has 2 rings (SSSR count). The number of nitrogens with zero attached hydrogens (tertiary/aromatic N) is 1. The summed E-state index contributed by atoms with van der Waals surface area (Å²) in [7, 11) is -3.23. The van der Waals surface area contributed by atoms with Crippen LogP contribution in [0.5, 0.6) is 0 Å². The molecule has 5 nitrogen and oxygen atoms in total. The van der Waals surface area contributed by atoms with Crippen molar-refractivity contribution in [3.8, 4) is 0 Å². The number of carbonyl (C=O) groups is 1. The highest BCUT2D eigenvalue weighted by Gasteiger charge is 2.19. The van der Waals surface area contributed by atoms with E-state index in [1.807, 2.05) is 0 Å². The number of hydrogen-bond donors (Lipinski definition) is 1. The van der Waals surface area contributed by atoms with Crippen LogP contribution in [0.4, 0.5) is 5.69 Å². The first-order chi connectivity index (χ1) is 9.87. The molecule has 0 aliphatic carbocycles. The second-order valence-electron chi connectivity index (χ2n) is 5.59. The zero-order valence-electron chi connectivity index (χ0n) is 12.3. The van der Waals surface area contributed by atoms with Gasteiger partial charge in [0.15, 0.2) is 9.84 Å². The van der Waals surface area contributed by atoms with Crippen LogP contribution in [0.1, 0.15) is 24.0 Å². The summed E-state index contributed by atoms with van der Waals surface area (Å²) >= 11 is 0. The van der Waals surface area contributed by atoms with Gasteiger partial charge < -0.3 is 10.6 Å². The maximum Gasteiger partial charge on any atom is 0.218 e. The van der Waals surface area contributed by atoms with Crippen LogP contribution in [0.2, 0.25) is 0 Å². The monoisotopic (exact) mass is 310 g/mol. The lowest BCUT2D eigenvalue weighted by Crippen LogP contribution is -2.34. The highest BCUT2D eigenvalue weighted by molar-refractivity contribution is 7.91. The number of amides is 1. The van der Waals surface area contributed by atoms with Crippen LogP contribution in [0.3, 0.4) is 0 Å². The molecule has 21 heavy (non-hydrogen) atoms. The molecule has 0 aromatic heterocycles. The molecule has 0 spiro atoms. The summed E-state index contributed by atoms with van der Waals surface area (Å²) in [5.41, 5.74) is 8.65. The minimum atomic E-state index is -3.23. The Morgan fingerprint density at radius 3 is 2.81 bits per heavy atom. The number of primary amides is 1. The lowest BCUT2D eigenvalue weighted by atomic mass is 10.00. The predicted molar refractivity (Wildman–Crippen MR) is 84.2 cm³/mol. The zero-order valence-corrected chi connectivity index (χ0v) is 13.2. The van der Waals surface area contributed by atoms with Gasteiger partial charge in [-0.1, -0.05) is 17.7 Å². The fourth-order valence-corrected chi connectivity index (χ4v) is 3.86. The van der Waals surface area contributed by atoms with E-state index in [0.29, 0.717) is 6.54 Å². The van der Waals surface area contributed by atoms with E-state index in [0.717, 1.165) is 25.1 Å². The van der Waals surface area contributed by atoms with E-state index in [4.69, 9.17) is 5.73 Å². The lowest BCUT2D eigenvalue weighted by Gasteiger charge is -2.31. The Hall–Kier alpha value is -1.56. The molecule has 0 atom stereocenters. The Morgan fingerprint density at radius 1 is 1.33 bits per heavy atom. The first kappa shape index (κ1) is 15.8. The summed E-state index contributed by atoms with van der Waals surface area (Å²) in [4.78, 5) is 12.8. The van der Waals surface area contributed by atoms with Gasteiger partial charge in [-0.05, 0) is 31.4 Å². The first-order valence-electron chi connectivity index (χ1n) is 7.20. The first-order valence-corrected chi connectivity index (χ1v) is 9.03. The van der Waals surface area contributed by atoms with Gasteiger partial charge in [-0.15, -0.1) is 0 Å². The second-order valence-corrected chi connectivity index (χ2v) is 7.89. The fourth-order valence-electron chi connectivity index (χ4n) is 2.64. The topological polar surface area (TPSA) is 80.5 Å². The van der Waals surface area contributed by atoms with E-state index in [9.17, 15) is 13.2 Å². The number of sulfone groups is 1. The van der Waals surface area contributed by atoms with Gasteiger partial charge in [-0.25, -0.2) is 8.42 Å². The maximum absolute atomic E-state index is 11.9. The Balaban J connectivity index is 2.00. The van der Waals surface area contributed by atoms with E-state index >= 15 is 0 Å². The van der Waals surface area contributed by atoms with Crippen molar-refractivity contribution in [2.75, 3.05) is 29.5 Å². The van der Waals surface area contributed by atoms with E-state index in [1.54, 1.807) is 0 Å². The van der Waals surface area contributed by atoms with Crippen LogP contribution in [0, 0.1) is 6.92 Å². The van der Waals surface area contributed by atoms with E-state index < -0.39 is 15.7 Å². The maximum atomic E-state index is 11.9. The molecule has 0 unspecified atom stereocenters. The Kier molecular flexibility index (Phi) is 4.88. The van der Waals surface area contributed by atoms with Crippen molar-refractivity contribution in [3.05, 3.63) is 29.3 Å². The quantitative estimate of drug-likeness (QED) is 0.851. The number of nitrogens with two attached hydrogens (primary N) is 1. The minimum absolute atomic E-state index is 0.0631. The number of hydrogen-bond acceptors (Lipinski definition) is 4. The summed E-state index contributed by atoms with van der Waals surface area (Å²) < 4.78 is 23.8. The Labute approximate surface area is 126 Å². The number of anilines is 1.